The highest BCUT2D eigenvalue weighted by molar-refractivity contribution is 6.29. The lowest BCUT2D eigenvalue weighted by molar-refractivity contribution is -0.112. The molecule has 2 nitrogen and oxygen atoms in total. The van der Waals surface area contributed by atoms with Crippen molar-refractivity contribution in [1.82, 2.24) is 4.57 Å². The van der Waals surface area contributed by atoms with Crippen molar-refractivity contribution in [1.29, 1.82) is 0 Å². The Bertz CT molecular complexity index is 1350. The molecule has 0 saturated heterocycles. The summed E-state index contributed by atoms with van der Waals surface area (Å²) in [6.07, 6.45) is 1.79. The summed E-state index contributed by atoms with van der Waals surface area (Å²) in [5, 5.41) is 1.23. The molecule has 0 unspecified atom stereocenters. The molecule has 4 aromatic rings. The normalized spacial score (nSPS) is 14.6. The van der Waals surface area contributed by atoms with Gasteiger partial charge in [-0.2, -0.15) is 0 Å². The first-order valence-corrected chi connectivity index (χ1v) is 10.2. The molecule has 2 heteroatoms. The van der Waals surface area contributed by atoms with Gasteiger partial charge in [0.2, 0.25) is 0 Å². The molecule has 1 aliphatic rings. The SMILES string of the molecule is CC(=O)/C=C1/C(c2ccccc2)=C(c2ccccc2)c2c1n(C)c1ccc(C)cc21. The fourth-order valence-corrected chi connectivity index (χ4v) is 4.65. The van der Waals surface area contributed by atoms with Crippen molar-refractivity contribution in [2.75, 3.05) is 0 Å². The van der Waals surface area contributed by atoms with Crippen LogP contribution in [-0.4, -0.2) is 10.4 Å². The molecule has 0 atom stereocenters. The summed E-state index contributed by atoms with van der Waals surface area (Å²) in [4.78, 5) is 12.3. The van der Waals surface area contributed by atoms with E-state index in [-0.39, 0.29) is 5.78 Å². The van der Waals surface area contributed by atoms with Crippen LogP contribution >= 0.6 is 0 Å². The predicted octanol–water partition coefficient (Wildman–Crippen LogP) is 6.43. The summed E-state index contributed by atoms with van der Waals surface area (Å²) in [7, 11) is 2.10. The maximum atomic E-state index is 12.3. The zero-order valence-electron chi connectivity index (χ0n) is 17.4. The molecule has 0 bridgehead atoms. The highest BCUT2D eigenvalue weighted by Crippen LogP contribution is 2.52. The molecule has 0 amide bonds. The molecule has 1 heterocycles. The van der Waals surface area contributed by atoms with Gasteiger partial charge in [-0.3, -0.25) is 4.79 Å². The first kappa shape index (κ1) is 18.4. The van der Waals surface area contributed by atoms with Gasteiger partial charge >= 0.3 is 0 Å². The molecule has 1 aliphatic carbocycles. The largest absolute Gasteiger partial charge is 0.343 e. The minimum atomic E-state index is 0.0557. The average Bonchev–Trinajstić information content (AvgIpc) is 3.22. The summed E-state index contributed by atoms with van der Waals surface area (Å²) < 4.78 is 2.23. The molecule has 5 rings (SSSR count). The van der Waals surface area contributed by atoms with Crippen LogP contribution in [0.15, 0.2) is 84.9 Å². The molecular weight excluding hydrogens is 366 g/mol. The standard InChI is InChI=1S/C28H23NO/c1-18-14-15-24-22(16-18)27-26(21-12-8-5-9-13-21)25(20-10-6-4-7-11-20)23(17-19(2)30)28(27)29(24)3/h4-17H,1-3H3/b23-17-. The van der Waals surface area contributed by atoms with E-state index in [9.17, 15) is 4.79 Å². The first-order valence-electron chi connectivity index (χ1n) is 10.2. The quantitative estimate of drug-likeness (QED) is 0.370. The second-order valence-electron chi connectivity index (χ2n) is 7.95. The number of allylic oxidation sites excluding steroid dienone is 3. The third-order valence-electron chi connectivity index (χ3n) is 5.85. The maximum absolute atomic E-state index is 12.3. The molecule has 0 radical (unpaired) electrons. The molecule has 0 spiro atoms. The minimum absolute atomic E-state index is 0.0557. The lowest BCUT2D eigenvalue weighted by atomic mass is 9.91. The highest BCUT2D eigenvalue weighted by atomic mass is 16.1. The second kappa shape index (κ2) is 7.00. The molecule has 30 heavy (non-hydrogen) atoms. The monoisotopic (exact) mass is 389 g/mol. The van der Waals surface area contributed by atoms with Crippen LogP contribution in [0.2, 0.25) is 0 Å². The number of carbonyl (C=O) groups excluding carboxylic acids is 1. The Morgan fingerprint density at radius 1 is 0.833 bits per heavy atom. The van der Waals surface area contributed by atoms with Gasteiger partial charge in [0, 0.05) is 34.7 Å². The van der Waals surface area contributed by atoms with Crippen molar-refractivity contribution in [2.24, 2.45) is 7.05 Å². The number of ketones is 1. The smallest absolute Gasteiger partial charge is 0.153 e. The Morgan fingerprint density at radius 3 is 2.03 bits per heavy atom. The third-order valence-corrected chi connectivity index (χ3v) is 5.85. The molecule has 0 aliphatic heterocycles. The number of carbonyl (C=O) groups is 1. The van der Waals surface area contributed by atoms with Gasteiger partial charge in [0.25, 0.3) is 0 Å². The number of hydrogen-bond donors (Lipinski definition) is 0. The van der Waals surface area contributed by atoms with Crippen LogP contribution in [0.3, 0.4) is 0 Å². The molecule has 146 valence electrons. The van der Waals surface area contributed by atoms with E-state index in [2.05, 4.69) is 85.3 Å². The average molecular weight is 389 g/mol. The predicted molar refractivity (Wildman–Crippen MR) is 125 cm³/mol. The summed E-state index contributed by atoms with van der Waals surface area (Å²) in [5.41, 5.74) is 10.4. The zero-order chi connectivity index (χ0) is 20.8. The lowest BCUT2D eigenvalue weighted by Gasteiger charge is -2.13. The van der Waals surface area contributed by atoms with Crippen LogP contribution in [0.5, 0.6) is 0 Å². The number of benzene rings is 3. The van der Waals surface area contributed by atoms with Gasteiger partial charge in [-0.25, -0.2) is 0 Å². The van der Waals surface area contributed by atoms with Crippen LogP contribution in [0.1, 0.15) is 34.9 Å². The Hall–Kier alpha value is -3.65. The second-order valence-corrected chi connectivity index (χ2v) is 7.95. The summed E-state index contributed by atoms with van der Waals surface area (Å²) in [5.74, 6) is 0.0557. The van der Waals surface area contributed by atoms with Gasteiger partial charge in [-0.05, 0) is 48.8 Å². The van der Waals surface area contributed by atoms with Crippen LogP contribution < -0.4 is 0 Å². The molecule has 1 aromatic heterocycles. The Labute approximate surface area is 176 Å². The fourth-order valence-electron chi connectivity index (χ4n) is 4.65. The van der Waals surface area contributed by atoms with Gasteiger partial charge in [-0.15, -0.1) is 0 Å². The van der Waals surface area contributed by atoms with Gasteiger partial charge < -0.3 is 4.57 Å². The van der Waals surface area contributed by atoms with E-state index in [1.165, 1.54) is 33.2 Å². The van der Waals surface area contributed by atoms with Crippen LogP contribution in [0, 0.1) is 6.92 Å². The molecule has 0 saturated carbocycles. The molecule has 3 aromatic carbocycles. The van der Waals surface area contributed by atoms with Gasteiger partial charge in [-0.1, -0.05) is 72.3 Å². The van der Waals surface area contributed by atoms with E-state index < -0.39 is 0 Å². The Kier molecular flexibility index (Phi) is 4.29. The van der Waals surface area contributed by atoms with Gasteiger partial charge in [0.15, 0.2) is 5.78 Å². The fraction of sp³-hybridized carbons (Fsp3) is 0.107. The van der Waals surface area contributed by atoms with E-state index in [1.807, 2.05) is 12.1 Å². The topological polar surface area (TPSA) is 22.0 Å². The lowest BCUT2D eigenvalue weighted by Crippen LogP contribution is -1.98. The molecular formula is C28H23NO. The van der Waals surface area contributed by atoms with Crippen LogP contribution in [0.4, 0.5) is 0 Å². The van der Waals surface area contributed by atoms with Crippen molar-refractivity contribution < 1.29 is 4.79 Å². The minimum Gasteiger partial charge on any atom is -0.343 e. The molecule has 0 fully saturated rings. The molecule has 0 N–H and O–H groups in total. The summed E-state index contributed by atoms with van der Waals surface area (Å²) >= 11 is 0. The summed E-state index contributed by atoms with van der Waals surface area (Å²) in [6.45, 7) is 3.76. The number of fused-ring (bicyclic) bond motifs is 3. The van der Waals surface area contributed by atoms with Crippen LogP contribution in [0.25, 0.3) is 27.6 Å². The van der Waals surface area contributed by atoms with E-state index >= 15 is 0 Å². The number of aryl methyl sites for hydroxylation is 2. The third kappa shape index (κ3) is 2.76. The van der Waals surface area contributed by atoms with Gasteiger partial charge in [0.1, 0.15) is 0 Å². The number of rotatable bonds is 3. The van der Waals surface area contributed by atoms with E-state index in [0.29, 0.717) is 0 Å². The highest BCUT2D eigenvalue weighted by Gasteiger charge is 2.33. The van der Waals surface area contributed by atoms with Crippen molar-refractivity contribution >= 4 is 33.4 Å². The van der Waals surface area contributed by atoms with Crippen molar-refractivity contribution in [3.05, 3.63) is 113 Å². The Balaban J connectivity index is 1.99. The number of nitrogens with zero attached hydrogens (tertiary/aromatic N) is 1. The number of hydrogen-bond acceptors (Lipinski definition) is 1. The zero-order valence-corrected chi connectivity index (χ0v) is 17.4. The number of aromatic nitrogens is 1. The first-order chi connectivity index (χ1) is 14.6. The summed E-state index contributed by atoms with van der Waals surface area (Å²) in [6, 6.07) is 27.5. The van der Waals surface area contributed by atoms with Crippen molar-refractivity contribution in [2.45, 2.75) is 13.8 Å². The van der Waals surface area contributed by atoms with E-state index in [1.54, 1.807) is 13.0 Å². The van der Waals surface area contributed by atoms with Crippen molar-refractivity contribution in [3.8, 4) is 0 Å². The van der Waals surface area contributed by atoms with Crippen molar-refractivity contribution in [3.63, 3.8) is 0 Å². The van der Waals surface area contributed by atoms with Crippen LogP contribution in [-0.2, 0) is 11.8 Å². The Morgan fingerprint density at radius 2 is 1.43 bits per heavy atom. The maximum Gasteiger partial charge on any atom is 0.153 e. The van der Waals surface area contributed by atoms with E-state index in [0.717, 1.165) is 22.4 Å². The van der Waals surface area contributed by atoms with Gasteiger partial charge in [0.05, 0.1) is 5.69 Å². The van der Waals surface area contributed by atoms with E-state index in [4.69, 9.17) is 0 Å².